The first-order valence-electron chi connectivity index (χ1n) is 12.1. The van der Waals surface area contributed by atoms with Gasteiger partial charge in [0, 0.05) is 6.04 Å². The number of esters is 1. The second kappa shape index (κ2) is 11.5. The molecule has 0 bridgehead atoms. The van der Waals surface area contributed by atoms with Gasteiger partial charge in [0.1, 0.15) is 22.9 Å². The maximum Gasteiger partial charge on any atom is 0.308 e. The normalized spacial score (nSPS) is 12.3. The summed E-state index contributed by atoms with van der Waals surface area (Å²) >= 11 is 0. The number of methoxy groups -OCH3 is 1. The molecule has 8 nitrogen and oxygen atoms in total. The lowest BCUT2D eigenvalue weighted by atomic mass is 10.0. The molecule has 0 aliphatic heterocycles. The number of aromatic hydroxyl groups is 1. The molecular formula is C28H34FN3O5. The van der Waals surface area contributed by atoms with Crippen molar-refractivity contribution in [3.05, 3.63) is 60.0 Å². The van der Waals surface area contributed by atoms with Gasteiger partial charge in [-0.1, -0.05) is 19.9 Å². The van der Waals surface area contributed by atoms with Gasteiger partial charge < -0.3 is 19.9 Å². The van der Waals surface area contributed by atoms with Crippen LogP contribution in [-0.4, -0.2) is 45.5 Å². The average molecular weight is 512 g/mol. The van der Waals surface area contributed by atoms with Crippen LogP contribution in [0.3, 0.4) is 0 Å². The Kier molecular flexibility index (Phi) is 8.57. The summed E-state index contributed by atoms with van der Waals surface area (Å²) in [5.41, 5.74) is 0.603. The zero-order valence-corrected chi connectivity index (χ0v) is 22.0. The third-order valence-corrected chi connectivity index (χ3v) is 5.42. The van der Waals surface area contributed by atoms with Crippen LogP contribution in [0, 0.1) is 11.7 Å². The third kappa shape index (κ3) is 7.31. The lowest BCUT2D eigenvalue weighted by Gasteiger charge is -2.23. The van der Waals surface area contributed by atoms with E-state index in [2.05, 4.69) is 10.4 Å². The summed E-state index contributed by atoms with van der Waals surface area (Å²) in [7, 11) is 1.47. The molecule has 0 aliphatic carbocycles. The number of nitrogens with zero attached hydrogens (tertiary/aromatic N) is 2. The fourth-order valence-electron chi connectivity index (χ4n) is 4.00. The summed E-state index contributed by atoms with van der Waals surface area (Å²) in [6, 6.07) is 11.5. The van der Waals surface area contributed by atoms with Crippen molar-refractivity contribution in [2.24, 2.45) is 5.92 Å². The smallest absolute Gasteiger partial charge is 0.308 e. The van der Waals surface area contributed by atoms with Gasteiger partial charge in [-0.2, -0.15) is 5.10 Å². The van der Waals surface area contributed by atoms with Crippen molar-refractivity contribution in [2.45, 2.75) is 59.1 Å². The fourth-order valence-corrected chi connectivity index (χ4v) is 4.00. The number of benzene rings is 2. The Morgan fingerprint density at radius 3 is 2.41 bits per heavy atom. The van der Waals surface area contributed by atoms with Crippen molar-refractivity contribution < 1.29 is 28.6 Å². The van der Waals surface area contributed by atoms with Gasteiger partial charge in [0.05, 0.1) is 30.5 Å². The van der Waals surface area contributed by atoms with E-state index in [1.807, 2.05) is 13.8 Å². The minimum Gasteiger partial charge on any atom is -0.507 e. The Morgan fingerprint density at radius 1 is 1.14 bits per heavy atom. The largest absolute Gasteiger partial charge is 0.507 e. The Morgan fingerprint density at radius 2 is 1.81 bits per heavy atom. The number of ether oxygens (including phenoxy) is 2. The topological polar surface area (TPSA) is 103 Å². The average Bonchev–Trinajstić information content (AvgIpc) is 3.22. The fraction of sp³-hybridized carbons (Fsp3) is 0.393. The van der Waals surface area contributed by atoms with Crippen LogP contribution in [0.25, 0.3) is 16.9 Å². The van der Waals surface area contributed by atoms with Gasteiger partial charge in [-0.15, -0.1) is 0 Å². The number of rotatable bonds is 9. The van der Waals surface area contributed by atoms with Crippen molar-refractivity contribution in [3.8, 4) is 28.4 Å². The number of hydrogen-bond donors (Lipinski definition) is 2. The standard InChI is InChI=1S/C28H34FN3O5/c1-17(2)14-19(15-25(34)37-28(3,4)5)30-27(35)21-16-22(26-23(33)8-7-9-24(26)36-6)32(31-21)20-12-10-18(29)11-13-20/h7-13,16-17,19,33H,14-15H2,1-6H3,(H,30,35)/t19-/m0/s1. The van der Waals surface area contributed by atoms with Crippen LogP contribution in [0.4, 0.5) is 4.39 Å². The molecule has 1 aromatic heterocycles. The number of carbonyl (C=O) groups excluding carboxylic acids is 2. The van der Waals surface area contributed by atoms with Crippen molar-refractivity contribution in [1.29, 1.82) is 0 Å². The monoisotopic (exact) mass is 511 g/mol. The number of halogens is 1. The molecule has 1 heterocycles. The molecule has 0 spiro atoms. The summed E-state index contributed by atoms with van der Waals surface area (Å²) in [5, 5.41) is 18.0. The minimum atomic E-state index is -0.636. The Labute approximate surface area is 216 Å². The number of amides is 1. The van der Waals surface area contributed by atoms with Crippen molar-refractivity contribution in [2.75, 3.05) is 7.11 Å². The van der Waals surface area contributed by atoms with E-state index in [0.29, 0.717) is 29.1 Å². The summed E-state index contributed by atoms with van der Waals surface area (Å²) in [5.74, 6) is -0.810. The van der Waals surface area contributed by atoms with Crippen LogP contribution in [0.1, 0.15) is 57.9 Å². The summed E-state index contributed by atoms with van der Waals surface area (Å²) < 4.78 is 25.9. The Bertz CT molecular complexity index is 1250. The van der Waals surface area contributed by atoms with Gasteiger partial charge >= 0.3 is 5.97 Å². The lowest BCUT2D eigenvalue weighted by molar-refractivity contribution is -0.155. The van der Waals surface area contributed by atoms with Crippen molar-refractivity contribution in [1.82, 2.24) is 15.1 Å². The summed E-state index contributed by atoms with van der Waals surface area (Å²) in [6.45, 7) is 9.37. The summed E-state index contributed by atoms with van der Waals surface area (Å²) in [4.78, 5) is 25.8. The zero-order valence-electron chi connectivity index (χ0n) is 22.0. The van der Waals surface area contributed by atoms with Crippen molar-refractivity contribution >= 4 is 11.9 Å². The first-order valence-corrected chi connectivity index (χ1v) is 12.1. The van der Waals surface area contributed by atoms with Gasteiger partial charge in [-0.3, -0.25) is 9.59 Å². The van der Waals surface area contributed by atoms with Crippen LogP contribution in [0.2, 0.25) is 0 Å². The Hall–Kier alpha value is -3.88. The molecule has 2 aromatic carbocycles. The summed E-state index contributed by atoms with van der Waals surface area (Å²) in [6.07, 6.45) is 0.573. The molecule has 0 saturated carbocycles. The zero-order chi connectivity index (χ0) is 27.3. The minimum absolute atomic E-state index is 0.0139. The van der Waals surface area contributed by atoms with E-state index in [1.165, 1.54) is 48.2 Å². The van der Waals surface area contributed by atoms with Crippen LogP contribution >= 0.6 is 0 Å². The first kappa shape index (κ1) is 27.7. The van der Waals surface area contributed by atoms with Crippen molar-refractivity contribution in [3.63, 3.8) is 0 Å². The molecule has 0 aliphatic rings. The molecule has 37 heavy (non-hydrogen) atoms. The molecular weight excluding hydrogens is 477 g/mol. The van der Waals surface area contributed by atoms with Crippen LogP contribution in [0.5, 0.6) is 11.5 Å². The molecule has 198 valence electrons. The molecule has 0 saturated heterocycles. The second-order valence-corrected chi connectivity index (χ2v) is 10.2. The predicted molar refractivity (Wildman–Crippen MR) is 138 cm³/mol. The van der Waals surface area contributed by atoms with E-state index in [0.717, 1.165) is 0 Å². The Balaban J connectivity index is 2.00. The van der Waals surface area contributed by atoms with Gasteiger partial charge in [-0.25, -0.2) is 9.07 Å². The van der Waals surface area contributed by atoms with E-state index in [9.17, 15) is 19.1 Å². The predicted octanol–water partition coefficient (Wildman–Crippen LogP) is 5.27. The first-order chi connectivity index (χ1) is 17.4. The number of phenols is 1. The highest BCUT2D eigenvalue weighted by atomic mass is 19.1. The number of carbonyl (C=O) groups is 2. The third-order valence-electron chi connectivity index (χ3n) is 5.42. The molecule has 1 atom stereocenters. The highest BCUT2D eigenvalue weighted by molar-refractivity contribution is 5.94. The number of hydrogen-bond acceptors (Lipinski definition) is 6. The molecule has 3 rings (SSSR count). The van der Waals surface area contributed by atoms with Gasteiger partial charge in [0.2, 0.25) is 0 Å². The van der Waals surface area contributed by atoms with E-state index in [4.69, 9.17) is 9.47 Å². The molecule has 9 heteroatoms. The SMILES string of the molecule is COc1cccc(O)c1-c1cc(C(=O)N[C@H](CC(=O)OC(C)(C)C)CC(C)C)nn1-c1ccc(F)cc1. The van der Waals surface area contributed by atoms with Gasteiger partial charge in [0.25, 0.3) is 5.91 Å². The molecule has 0 radical (unpaired) electrons. The molecule has 3 aromatic rings. The van der Waals surface area contributed by atoms with E-state index < -0.39 is 29.3 Å². The number of aromatic nitrogens is 2. The van der Waals surface area contributed by atoms with Crippen LogP contribution < -0.4 is 10.1 Å². The quantitative estimate of drug-likeness (QED) is 0.380. The number of nitrogens with one attached hydrogen (secondary N) is 1. The maximum atomic E-state index is 13.6. The van der Waals surface area contributed by atoms with Crippen LogP contribution in [-0.2, 0) is 9.53 Å². The highest BCUT2D eigenvalue weighted by Crippen LogP contribution is 2.39. The molecule has 1 amide bonds. The maximum absolute atomic E-state index is 13.6. The van der Waals surface area contributed by atoms with Gasteiger partial charge in [0.15, 0.2) is 5.69 Å². The van der Waals surface area contributed by atoms with E-state index in [1.54, 1.807) is 32.9 Å². The van der Waals surface area contributed by atoms with E-state index >= 15 is 0 Å². The lowest BCUT2D eigenvalue weighted by Crippen LogP contribution is -2.39. The number of phenolic OH excluding ortho intramolecular Hbond substituents is 1. The van der Waals surface area contributed by atoms with E-state index in [-0.39, 0.29) is 23.8 Å². The van der Waals surface area contributed by atoms with Gasteiger partial charge in [-0.05, 0) is 75.6 Å². The molecule has 0 fully saturated rings. The second-order valence-electron chi connectivity index (χ2n) is 10.2. The van der Waals surface area contributed by atoms with Crippen LogP contribution in [0.15, 0.2) is 48.5 Å². The molecule has 0 unspecified atom stereocenters. The highest BCUT2D eigenvalue weighted by Gasteiger charge is 2.26. The molecule has 2 N–H and O–H groups in total.